The van der Waals surface area contributed by atoms with Crippen molar-refractivity contribution in [2.45, 2.75) is 122 Å². The van der Waals surface area contributed by atoms with E-state index in [1.54, 1.807) is 17.9 Å². The number of carbonyl (C=O) groups excluding carboxylic acids is 5. The Kier molecular flexibility index (Phi) is 9.75. The fraction of sp³-hybridized carbons (Fsp3) is 0.769. The number of alkyl halides is 1. The van der Waals surface area contributed by atoms with Crippen LogP contribution in [0.1, 0.15) is 92.4 Å². The number of methoxy groups -OCH3 is 1. The molecule has 5 aliphatic carbocycles. The number of aliphatic hydroxyl groups excluding tert-OH is 1. The van der Waals surface area contributed by atoms with Gasteiger partial charge in [-0.25, -0.2) is 4.39 Å². The maximum atomic E-state index is 17.6. The van der Waals surface area contributed by atoms with Gasteiger partial charge in [-0.05, 0) is 93.6 Å². The van der Waals surface area contributed by atoms with Crippen LogP contribution >= 0.6 is 0 Å². The van der Waals surface area contributed by atoms with Gasteiger partial charge in [-0.2, -0.15) is 0 Å². The fourth-order valence-electron chi connectivity index (χ4n) is 11.0. The Balaban J connectivity index is 1.09. The second kappa shape index (κ2) is 13.2. The number of allylic oxidation sites excluding steroid dienone is 4. The third-order valence-corrected chi connectivity index (χ3v) is 14.2. The minimum Gasteiger partial charge on any atom is -0.458 e. The molecule has 11 nitrogen and oxygen atoms in total. The topological polar surface area (TPSA) is 165 Å². The molecule has 1 saturated heterocycles. The number of fused-ring (bicyclic) bond motifs is 5. The molecule has 1 heterocycles. The SMILES string of the molecule is CO[C@]1(C(=O)COC(=O)CC2(CNC(=O)C3CCCN3C(=O)C(N)C(C)C)CC2)[C@H](C)C[C@H]2[C@@H]3CCC4=CC(=O)C=C[C@]4(C)[C@@]3(F)[C@@H](O)C[C@@]21C. The zero-order valence-electron chi connectivity index (χ0n) is 31.0. The maximum absolute atomic E-state index is 17.6. The van der Waals surface area contributed by atoms with Gasteiger partial charge in [0.25, 0.3) is 0 Å². The van der Waals surface area contributed by atoms with Crippen molar-refractivity contribution < 1.29 is 42.9 Å². The van der Waals surface area contributed by atoms with Gasteiger partial charge in [-0.3, -0.25) is 24.0 Å². The molecular formula is C39H56FN3O8. The maximum Gasteiger partial charge on any atom is 0.306 e. The summed E-state index contributed by atoms with van der Waals surface area (Å²) in [6.07, 6.45) is 7.24. The van der Waals surface area contributed by atoms with E-state index in [4.69, 9.17) is 15.2 Å². The fourth-order valence-corrected chi connectivity index (χ4v) is 11.0. The quantitative estimate of drug-likeness (QED) is 0.272. The van der Waals surface area contributed by atoms with Crippen molar-refractivity contribution in [1.29, 1.82) is 0 Å². The lowest BCUT2D eigenvalue weighted by molar-refractivity contribution is -0.224. The minimum atomic E-state index is -2.03. The monoisotopic (exact) mass is 713 g/mol. The van der Waals surface area contributed by atoms with Crippen LogP contribution in [0.25, 0.3) is 0 Å². The number of hydrogen-bond acceptors (Lipinski definition) is 9. The van der Waals surface area contributed by atoms with Gasteiger partial charge in [-0.15, -0.1) is 0 Å². The van der Waals surface area contributed by atoms with Crippen LogP contribution in [0.4, 0.5) is 4.39 Å². The summed E-state index contributed by atoms with van der Waals surface area (Å²) in [4.78, 5) is 67.2. The molecule has 51 heavy (non-hydrogen) atoms. The Morgan fingerprint density at radius 3 is 2.51 bits per heavy atom. The summed E-state index contributed by atoms with van der Waals surface area (Å²) >= 11 is 0. The molecular weight excluding hydrogens is 657 g/mol. The molecule has 282 valence electrons. The van der Waals surface area contributed by atoms with Crippen LogP contribution in [0.3, 0.4) is 0 Å². The van der Waals surface area contributed by atoms with Crippen molar-refractivity contribution in [3.8, 4) is 0 Å². The Labute approximate surface area is 300 Å². The van der Waals surface area contributed by atoms with E-state index < -0.39 is 70.0 Å². The number of Topliss-reactive ketones (excluding diaryl/α,β-unsaturated/α-hetero) is 1. The van der Waals surface area contributed by atoms with Crippen LogP contribution in [-0.4, -0.2) is 95.6 Å². The average molecular weight is 714 g/mol. The minimum absolute atomic E-state index is 0.0244. The number of amides is 2. The lowest BCUT2D eigenvalue weighted by Gasteiger charge is -2.63. The van der Waals surface area contributed by atoms with Gasteiger partial charge in [-0.1, -0.05) is 39.3 Å². The highest BCUT2D eigenvalue weighted by Crippen LogP contribution is 2.71. The van der Waals surface area contributed by atoms with Crippen LogP contribution in [0, 0.1) is 39.9 Å². The largest absolute Gasteiger partial charge is 0.458 e. The third-order valence-electron chi connectivity index (χ3n) is 14.2. The molecule has 0 bridgehead atoms. The zero-order chi connectivity index (χ0) is 37.3. The number of ketones is 2. The van der Waals surface area contributed by atoms with Crippen molar-refractivity contribution in [3.05, 3.63) is 23.8 Å². The molecule has 4 N–H and O–H groups in total. The molecule has 6 rings (SSSR count). The molecule has 0 aromatic heterocycles. The predicted octanol–water partition coefficient (Wildman–Crippen LogP) is 3.36. The summed E-state index contributed by atoms with van der Waals surface area (Å²) in [6.45, 7) is 9.53. The standard InChI is InChI=1S/C39H56FN3O8/c1-22(2)32(41)34(49)43-15-7-8-28(43)33(48)42-21-37(13-14-37)19-31(47)51-20-30(46)39(50-6)23(3)16-27-26-10-9-24-17-25(44)11-12-35(24,4)38(26,40)29(45)18-36(27,39)5/h11-12,17,22-23,26-29,32,45H,7-10,13-16,18-21,41H2,1-6H3,(H,42,48)/t23-,26+,27+,28?,29+,32?,35+,36+,38+,39+/m1/s1. The molecule has 2 unspecified atom stereocenters. The van der Waals surface area contributed by atoms with E-state index in [1.165, 1.54) is 19.3 Å². The van der Waals surface area contributed by atoms with Crippen LogP contribution in [0.5, 0.6) is 0 Å². The van der Waals surface area contributed by atoms with Gasteiger partial charge in [0, 0.05) is 36.9 Å². The summed E-state index contributed by atoms with van der Waals surface area (Å²) < 4.78 is 29.3. The summed E-state index contributed by atoms with van der Waals surface area (Å²) in [7, 11) is 1.46. The average Bonchev–Trinajstić information content (AvgIpc) is 3.57. The van der Waals surface area contributed by atoms with Gasteiger partial charge in [0.05, 0.1) is 18.6 Å². The second-order valence-electron chi connectivity index (χ2n) is 17.3. The number of halogens is 1. The second-order valence-corrected chi connectivity index (χ2v) is 17.3. The van der Waals surface area contributed by atoms with Crippen molar-refractivity contribution in [2.75, 3.05) is 26.8 Å². The molecule has 0 aromatic rings. The number of likely N-dealkylation sites (tertiary alicyclic amines) is 1. The summed E-state index contributed by atoms with van der Waals surface area (Å²) in [6, 6.07) is -1.27. The highest BCUT2D eigenvalue weighted by molar-refractivity contribution is 6.01. The molecule has 0 radical (unpaired) electrons. The van der Waals surface area contributed by atoms with Gasteiger partial charge < -0.3 is 30.5 Å². The summed E-state index contributed by atoms with van der Waals surface area (Å²) in [5.74, 6) is -2.90. The third kappa shape index (κ3) is 5.73. The summed E-state index contributed by atoms with van der Waals surface area (Å²) in [5.41, 5.74) is 0.781. The van der Waals surface area contributed by atoms with Crippen molar-refractivity contribution in [1.82, 2.24) is 10.2 Å². The van der Waals surface area contributed by atoms with Crippen molar-refractivity contribution >= 4 is 29.4 Å². The molecule has 4 saturated carbocycles. The smallest absolute Gasteiger partial charge is 0.306 e. The van der Waals surface area contributed by atoms with Crippen LogP contribution in [0.15, 0.2) is 23.8 Å². The Morgan fingerprint density at radius 1 is 1.16 bits per heavy atom. The number of ether oxygens (including phenoxy) is 2. The van der Waals surface area contributed by atoms with Gasteiger partial charge in [0.15, 0.2) is 18.1 Å². The van der Waals surface area contributed by atoms with Gasteiger partial charge >= 0.3 is 5.97 Å². The molecule has 5 fully saturated rings. The van der Waals surface area contributed by atoms with E-state index in [2.05, 4.69) is 5.32 Å². The van der Waals surface area contributed by atoms with E-state index in [-0.39, 0.29) is 54.7 Å². The normalized spacial score (nSPS) is 39.8. The molecule has 2 amide bonds. The van der Waals surface area contributed by atoms with Crippen LogP contribution in [-0.2, 0) is 33.4 Å². The van der Waals surface area contributed by atoms with Crippen molar-refractivity contribution in [2.24, 2.45) is 45.7 Å². The first-order valence-corrected chi connectivity index (χ1v) is 18.8. The molecule has 1 aliphatic heterocycles. The number of aliphatic hydroxyl groups is 1. The van der Waals surface area contributed by atoms with Crippen LogP contribution < -0.4 is 11.1 Å². The van der Waals surface area contributed by atoms with E-state index >= 15 is 4.39 Å². The van der Waals surface area contributed by atoms with E-state index in [0.717, 1.165) is 0 Å². The van der Waals surface area contributed by atoms with Crippen molar-refractivity contribution in [3.63, 3.8) is 0 Å². The number of carbonyl (C=O) groups is 5. The first-order valence-electron chi connectivity index (χ1n) is 18.8. The lowest BCUT2D eigenvalue weighted by atomic mass is 9.44. The van der Waals surface area contributed by atoms with E-state index in [1.807, 2.05) is 27.7 Å². The molecule has 0 spiro atoms. The summed E-state index contributed by atoms with van der Waals surface area (Å²) in [5, 5.41) is 14.7. The number of nitrogens with two attached hydrogens (primary N) is 1. The Morgan fingerprint density at radius 2 is 1.86 bits per heavy atom. The number of rotatable bonds is 11. The zero-order valence-corrected chi connectivity index (χ0v) is 31.0. The van der Waals surface area contributed by atoms with Gasteiger partial charge in [0.1, 0.15) is 11.6 Å². The van der Waals surface area contributed by atoms with Crippen LogP contribution in [0.2, 0.25) is 0 Å². The predicted molar refractivity (Wildman–Crippen MR) is 185 cm³/mol. The van der Waals surface area contributed by atoms with E-state index in [0.29, 0.717) is 57.1 Å². The highest BCUT2D eigenvalue weighted by Gasteiger charge is 2.76. The number of hydrogen-bond donors (Lipinski definition) is 3. The Bertz CT molecular complexity index is 1540. The first kappa shape index (κ1) is 37.8. The number of nitrogens with one attached hydrogen (secondary N) is 1. The van der Waals surface area contributed by atoms with E-state index in [9.17, 15) is 29.1 Å². The molecule has 12 heteroatoms. The highest BCUT2D eigenvalue weighted by atomic mass is 19.1. The molecule has 0 aromatic carbocycles. The molecule has 6 aliphatic rings. The lowest BCUT2D eigenvalue weighted by Crippen LogP contribution is -2.69. The first-order chi connectivity index (χ1) is 23.9. The molecule has 10 atom stereocenters. The number of esters is 1. The Hall–Kier alpha value is -2.96. The number of nitrogens with zero attached hydrogens (tertiary/aromatic N) is 1. The van der Waals surface area contributed by atoms with Gasteiger partial charge in [0.2, 0.25) is 17.6 Å².